The van der Waals surface area contributed by atoms with E-state index in [4.69, 9.17) is 16.0 Å². The minimum absolute atomic E-state index is 0.0704. The van der Waals surface area contributed by atoms with Crippen LogP contribution in [0, 0.1) is 19.8 Å². The van der Waals surface area contributed by atoms with E-state index in [1.54, 1.807) is 6.26 Å². The average Bonchev–Trinajstić information content (AvgIpc) is 2.89. The molecule has 1 aromatic heterocycles. The SMILES string of the molecule is Cc1cc2occ(CC(=O)N3C[C@@H](CO)CC[C@@H](N(C)C)C3)c2c(C)c1Cl. The second-order valence-corrected chi connectivity index (χ2v) is 8.36. The third-order valence-electron chi connectivity index (χ3n) is 5.79. The van der Waals surface area contributed by atoms with Gasteiger partial charge < -0.3 is 19.3 Å². The van der Waals surface area contributed by atoms with E-state index in [1.165, 1.54) is 0 Å². The van der Waals surface area contributed by atoms with Crippen molar-refractivity contribution in [2.45, 2.75) is 39.2 Å². The molecule has 1 aliphatic heterocycles. The second kappa shape index (κ2) is 8.21. The Morgan fingerprint density at radius 1 is 1.33 bits per heavy atom. The van der Waals surface area contributed by atoms with Crippen LogP contribution in [0.25, 0.3) is 11.0 Å². The van der Waals surface area contributed by atoms with Gasteiger partial charge in [-0.15, -0.1) is 0 Å². The highest BCUT2D eigenvalue weighted by molar-refractivity contribution is 6.33. The lowest BCUT2D eigenvalue weighted by molar-refractivity contribution is -0.131. The van der Waals surface area contributed by atoms with Gasteiger partial charge in [0.1, 0.15) is 5.58 Å². The molecule has 2 aromatic rings. The first-order chi connectivity index (χ1) is 12.8. The van der Waals surface area contributed by atoms with E-state index >= 15 is 0 Å². The number of halogens is 1. The molecule has 6 heteroatoms. The Morgan fingerprint density at radius 3 is 2.74 bits per heavy atom. The lowest BCUT2D eigenvalue weighted by Gasteiger charge is -2.29. The number of aryl methyl sites for hydroxylation is 2. The van der Waals surface area contributed by atoms with Crippen molar-refractivity contribution >= 4 is 28.5 Å². The van der Waals surface area contributed by atoms with E-state index in [9.17, 15) is 9.90 Å². The number of likely N-dealkylation sites (tertiary alicyclic amines) is 1. The maximum Gasteiger partial charge on any atom is 0.227 e. The number of rotatable bonds is 4. The Balaban J connectivity index is 1.85. The van der Waals surface area contributed by atoms with Crippen LogP contribution in [0.3, 0.4) is 0 Å². The molecule has 0 radical (unpaired) electrons. The molecule has 0 bridgehead atoms. The minimum Gasteiger partial charge on any atom is -0.464 e. The highest BCUT2D eigenvalue weighted by Gasteiger charge is 2.28. The van der Waals surface area contributed by atoms with Crippen LogP contribution in [-0.2, 0) is 11.2 Å². The Labute approximate surface area is 165 Å². The number of aliphatic hydroxyl groups is 1. The molecule has 1 amide bonds. The second-order valence-electron chi connectivity index (χ2n) is 7.99. The molecule has 3 rings (SSSR count). The van der Waals surface area contributed by atoms with Crippen LogP contribution in [-0.4, -0.2) is 60.6 Å². The van der Waals surface area contributed by atoms with Gasteiger partial charge in [0.05, 0.1) is 12.7 Å². The van der Waals surface area contributed by atoms with Crippen molar-refractivity contribution in [2.75, 3.05) is 33.8 Å². The highest BCUT2D eigenvalue weighted by Crippen LogP contribution is 2.33. The lowest BCUT2D eigenvalue weighted by Crippen LogP contribution is -2.43. The number of carbonyl (C=O) groups is 1. The highest BCUT2D eigenvalue weighted by atomic mass is 35.5. The smallest absolute Gasteiger partial charge is 0.227 e. The molecule has 1 N–H and O–H groups in total. The van der Waals surface area contributed by atoms with Crippen LogP contribution < -0.4 is 0 Å². The van der Waals surface area contributed by atoms with E-state index < -0.39 is 0 Å². The zero-order valence-electron chi connectivity index (χ0n) is 16.6. The zero-order chi connectivity index (χ0) is 19.7. The van der Waals surface area contributed by atoms with Crippen LogP contribution in [0.15, 0.2) is 16.7 Å². The van der Waals surface area contributed by atoms with Crippen molar-refractivity contribution < 1.29 is 14.3 Å². The number of amides is 1. The van der Waals surface area contributed by atoms with E-state index in [-0.39, 0.29) is 24.9 Å². The van der Waals surface area contributed by atoms with Gasteiger partial charge in [0.25, 0.3) is 0 Å². The molecule has 2 heterocycles. The first-order valence-corrected chi connectivity index (χ1v) is 9.90. The monoisotopic (exact) mass is 392 g/mol. The lowest BCUT2D eigenvalue weighted by atomic mass is 10.0. The van der Waals surface area contributed by atoms with Gasteiger partial charge in [0, 0.05) is 41.7 Å². The van der Waals surface area contributed by atoms with Crippen molar-refractivity contribution in [3.63, 3.8) is 0 Å². The summed E-state index contributed by atoms with van der Waals surface area (Å²) in [5.74, 6) is 0.208. The third kappa shape index (κ3) is 4.15. The van der Waals surface area contributed by atoms with Crippen molar-refractivity contribution in [1.82, 2.24) is 9.80 Å². The van der Waals surface area contributed by atoms with Gasteiger partial charge in [-0.1, -0.05) is 11.6 Å². The fourth-order valence-corrected chi connectivity index (χ4v) is 4.19. The van der Waals surface area contributed by atoms with Gasteiger partial charge in [0.15, 0.2) is 0 Å². The predicted molar refractivity (Wildman–Crippen MR) is 108 cm³/mol. The summed E-state index contributed by atoms with van der Waals surface area (Å²) >= 11 is 6.41. The van der Waals surface area contributed by atoms with E-state index in [2.05, 4.69) is 4.90 Å². The first-order valence-electron chi connectivity index (χ1n) is 9.52. The van der Waals surface area contributed by atoms with Gasteiger partial charge in [-0.25, -0.2) is 0 Å². The van der Waals surface area contributed by atoms with Crippen LogP contribution in [0.2, 0.25) is 5.02 Å². The minimum atomic E-state index is 0.0704. The number of carbonyl (C=O) groups excluding carboxylic acids is 1. The standard InChI is InChI=1S/C21H29ClN2O3/c1-13-7-18-20(14(2)21(13)22)16(12-27-18)8-19(26)24-9-15(11-25)5-6-17(10-24)23(3)4/h7,12,15,17,25H,5-6,8-11H2,1-4H3/t15-,17+/m0/s1. The molecule has 0 aliphatic carbocycles. The fraction of sp³-hybridized carbons (Fsp3) is 0.571. The molecule has 0 saturated carbocycles. The van der Waals surface area contributed by atoms with Gasteiger partial charge in [-0.3, -0.25) is 4.79 Å². The van der Waals surface area contributed by atoms with E-state index in [1.807, 2.05) is 38.9 Å². The van der Waals surface area contributed by atoms with Crippen molar-refractivity contribution in [3.8, 4) is 0 Å². The fourth-order valence-electron chi connectivity index (χ4n) is 4.04. The summed E-state index contributed by atoms with van der Waals surface area (Å²) in [7, 11) is 4.09. The molecule has 0 spiro atoms. The first kappa shape index (κ1) is 20.2. The maximum absolute atomic E-state index is 13.1. The molecule has 27 heavy (non-hydrogen) atoms. The normalized spacial score (nSPS) is 21.1. The Kier molecular flexibility index (Phi) is 6.14. The molecule has 0 unspecified atom stereocenters. The molecule has 1 aromatic carbocycles. The number of fused-ring (bicyclic) bond motifs is 1. The number of likely N-dealkylation sites (N-methyl/N-ethyl adjacent to an activating group) is 1. The van der Waals surface area contributed by atoms with Gasteiger partial charge in [-0.2, -0.15) is 0 Å². The largest absolute Gasteiger partial charge is 0.464 e. The maximum atomic E-state index is 13.1. The third-order valence-corrected chi connectivity index (χ3v) is 6.38. The molecule has 1 saturated heterocycles. The predicted octanol–water partition coefficient (Wildman–Crippen LogP) is 3.41. The van der Waals surface area contributed by atoms with Crippen molar-refractivity contribution in [2.24, 2.45) is 5.92 Å². The molecule has 1 fully saturated rings. The summed E-state index contributed by atoms with van der Waals surface area (Å²) in [6.45, 7) is 5.34. The van der Waals surface area contributed by atoms with Crippen LogP contribution >= 0.6 is 11.6 Å². The number of hydrogen-bond acceptors (Lipinski definition) is 4. The van der Waals surface area contributed by atoms with Crippen LogP contribution in [0.1, 0.15) is 29.5 Å². The van der Waals surface area contributed by atoms with Gasteiger partial charge in [-0.05, 0) is 63.9 Å². The topological polar surface area (TPSA) is 56.9 Å². The van der Waals surface area contributed by atoms with Crippen LogP contribution in [0.4, 0.5) is 0 Å². The van der Waals surface area contributed by atoms with Crippen LogP contribution in [0.5, 0.6) is 0 Å². The van der Waals surface area contributed by atoms with E-state index in [0.29, 0.717) is 19.1 Å². The number of nitrogens with zero attached hydrogens (tertiary/aromatic N) is 2. The molecule has 1 aliphatic rings. The van der Waals surface area contributed by atoms with Gasteiger partial charge in [0.2, 0.25) is 5.91 Å². The zero-order valence-corrected chi connectivity index (χ0v) is 17.3. The number of aliphatic hydroxyl groups excluding tert-OH is 1. The van der Waals surface area contributed by atoms with E-state index in [0.717, 1.165) is 45.5 Å². The molecule has 5 nitrogen and oxygen atoms in total. The molecular weight excluding hydrogens is 364 g/mol. The summed E-state index contributed by atoms with van der Waals surface area (Å²) < 4.78 is 5.70. The molecular formula is C21H29ClN2O3. The average molecular weight is 393 g/mol. The summed E-state index contributed by atoms with van der Waals surface area (Å²) in [5.41, 5.74) is 3.58. The number of benzene rings is 1. The summed E-state index contributed by atoms with van der Waals surface area (Å²) in [5, 5.41) is 11.3. The number of furan rings is 1. The summed E-state index contributed by atoms with van der Waals surface area (Å²) in [4.78, 5) is 17.2. The summed E-state index contributed by atoms with van der Waals surface area (Å²) in [6, 6.07) is 2.24. The molecule has 148 valence electrons. The quantitative estimate of drug-likeness (QED) is 0.866. The van der Waals surface area contributed by atoms with Crippen molar-refractivity contribution in [1.29, 1.82) is 0 Å². The molecule has 2 atom stereocenters. The van der Waals surface area contributed by atoms with Gasteiger partial charge >= 0.3 is 0 Å². The Morgan fingerprint density at radius 2 is 2.07 bits per heavy atom. The van der Waals surface area contributed by atoms with Crippen molar-refractivity contribution in [3.05, 3.63) is 34.0 Å². The Hall–Kier alpha value is -1.56. The Bertz CT molecular complexity index is 830. The summed E-state index contributed by atoms with van der Waals surface area (Å²) in [6.07, 6.45) is 3.89. The number of hydrogen-bond donors (Lipinski definition) is 1.